The van der Waals surface area contributed by atoms with Gasteiger partial charge >= 0.3 is 0 Å². The van der Waals surface area contributed by atoms with Crippen LogP contribution in [0.15, 0.2) is 18.3 Å². The third-order valence-corrected chi connectivity index (χ3v) is 3.79. The van der Waals surface area contributed by atoms with Crippen molar-refractivity contribution in [3.63, 3.8) is 0 Å². The fourth-order valence-corrected chi connectivity index (χ4v) is 2.73. The van der Waals surface area contributed by atoms with E-state index < -0.39 is 0 Å². The zero-order chi connectivity index (χ0) is 9.97. The van der Waals surface area contributed by atoms with Crippen LogP contribution in [0.5, 0.6) is 0 Å². The zero-order valence-electron chi connectivity index (χ0n) is 8.11. The molecule has 4 heteroatoms. The van der Waals surface area contributed by atoms with Gasteiger partial charge in [0.1, 0.15) is 5.82 Å². The van der Waals surface area contributed by atoms with Gasteiger partial charge in [0.05, 0.1) is 5.02 Å². The first-order chi connectivity index (χ1) is 6.77. The Bertz CT molecular complexity index is 301. The van der Waals surface area contributed by atoms with Gasteiger partial charge in [-0.1, -0.05) is 11.6 Å². The molecule has 0 radical (unpaired) electrons. The first-order valence-corrected chi connectivity index (χ1v) is 6.26. The molecule has 0 aliphatic carbocycles. The molecule has 0 aromatic carbocycles. The summed E-state index contributed by atoms with van der Waals surface area (Å²) < 4.78 is 0. The highest BCUT2D eigenvalue weighted by molar-refractivity contribution is 7.99. The summed E-state index contributed by atoms with van der Waals surface area (Å²) in [7, 11) is 0. The molecule has 2 heterocycles. The highest BCUT2D eigenvalue weighted by Gasteiger charge is 2.19. The summed E-state index contributed by atoms with van der Waals surface area (Å²) in [5.41, 5.74) is 0. The fourth-order valence-electron chi connectivity index (χ4n) is 1.61. The standard InChI is InChI=1S/C10H13ClN2S/c1-8-7-14-5-4-13(8)10-3-2-9(11)6-12-10/h2-3,6,8H,4-5,7H2,1H3. The Hall–Kier alpha value is -0.410. The highest BCUT2D eigenvalue weighted by atomic mass is 35.5. The van der Waals surface area contributed by atoms with Crippen LogP contribution in [0.4, 0.5) is 5.82 Å². The number of rotatable bonds is 1. The average molecular weight is 229 g/mol. The normalized spacial score (nSPS) is 22.4. The predicted octanol–water partition coefficient (Wildman–Crippen LogP) is 2.68. The van der Waals surface area contributed by atoms with E-state index in [2.05, 4.69) is 16.8 Å². The van der Waals surface area contributed by atoms with Crippen LogP contribution in [0, 0.1) is 0 Å². The van der Waals surface area contributed by atoms with E-state index in [-0.39, 0.29) is 0 Å². The summed E-state index contributed by atoms with van der Waals surface area (Å²) >= 11 is 7.81. The first-order valence-electron chi connectivity index (χ1n) is 4.73. The number of hydrogen-bond acceptors (Lipinski definition) is 3. The summed E-state index contributed by atoms with van der Waals surface area (Å²) in [4.78, 5) is 6.68. The van der Waals surface area contributed by atoms with E-state index in [9.17, 15) is 0 Å². The topological polar surface area (TPSA) is 16.1 Å². The maximum absolute atomic E-state index is 5.80. The van der Waals surface area contributed by atoms with Crippen molar-refractivity contribution in [2.75, 3.05) is 23.0 Å². The van der Waals surface area contributed by atoms with Crippen molar-refractivity contribution in [3.8, 4) is 0 Å². The molecule has 1 aromatic heterocycles. The molecule has 2 nitrogen and oxygen atoms in total. The largest absolute Gasteiger partial charge is 0.352 e. The van der Waals surface area contributed by atoms with E-state index in [1.165, 1.54) is 11.5 Å². The van der Waals surface area contributed by atoms with Gasteiger partial charge in [-0.3, -0.25) is 0 Å². The van der Waals surface area contributed by atoms with Gasteiger partial charge in [-0.2, -0.15) is 11.8 Å². The monoisotopic (exact) mass is 228 g/mol. The first kappa shape index (κ1) is 10.1. The Morgan fingerprint density at radius 2 is 2.43 bits per heavy atom. The lowest BCUT2D eigenvalue weighted by Gasteiger charge is -2.33. The van der Waals surface area contributed by atoms with Crippen LogP contribution in [-0.4, -0.2) is 29.1 Å². The van der Waals surface area contributed by atoms with Crippen LogP contribution in [0.2, 0.25) is 5.02 Å². The van der Waals surface area contributed by atoms with E-state index in [4.69, 9.17) is 11.6 Å². The third-order valence-electron chi connectivity index (χ3n) is 2.37. The van der Waals surface area contributed by atoms with Crippen molar-refractivity contribution in [3.05, 3.63) is 23.4 Å². The average Bonchev–Trinajstić information content (AvgIpc) is 2.20. The molecule has 76 valence electrons. The molecule has 14 heavy (non-hydrogen) atoms. The minimum absolute atomic E-state index is 0.572. The summed E-state index contributed by atoms with van der Waals surface area (Å²) in [5.74, 6) is 3.42. The van der Waals surface area contributed by atoms with E-state index in [1.807, 2.05) is 23.9 Å². The van der Waals surface area contributed by atoms with Crippen LogP contribution < -0.4 is 4.90 Å². The van der Waals surface area contributed by atoms with Crippen LogP contribution in [-0.2, 0) is 0 Å². The smallest absolute Gasteiger partial charge is 0.128 e. The molecule has 1 saturated heterocycles. The molecule has 1 atom stereocenters. The van der Waals surface area contributed by atoms with Crippen molar-refractivity contribution in [1.82, 2.24) is 4.98 Å². The molecule has 0 amide bonds. The number of anilines is 1. The van der Waals surface area contributed by atoms with Crippen molar-refractivity contribution >= 4 is 29.2 Å². The van der Waals surface area contributed by atoms with Crippen molar-refractivity contribution in [2.24, 2.45) is 0 Å². The zero-order valence-corrected chi connectivity index (χ0v) is 9.68. The Morgan fingerprint density at radius 3 is 3.07 bits per heavy atom. The third kappa shape index (κ3) is 2.15. The van der Waals surface area contributed by atoms with Crippen molar-refractivity contribution in [2.45, 2.75) is 13.0 Å². The van der Waals surface area contributed by atoms with Crippen LogP contribution in [0.1, 0.15) is 6.92 Å². The van der Waals surface area contributed by atoms with Crippen molar-refractivity contribution in [1.29, 1.82) is 0 Å². The van der Waals surface area contributed by atoms with Gasteiger partial charge in [-0.15, -0.1) is 0 Å². The van der Waals surface area contributed by atoms with Crippen LogP contribution in [0.3, 0.4) is 0 Å². The molecule has 0 N–H and O–H groups in total. The number of nitrogens with zero attached hydrogens (tertiary/aromatic N) is 2. The van der Waals surface area contributed by atoms with Gasteiger partial charge in [0.25, 0.3) is 0 Å². The summed E-state index contributed by atoms with van der Waals surface area (Å²) in [5, 5.41) is 0.702. The SMILES string of the molecule is CC1CSCCN1c1ccc(Cl)cn1. The minimum Gasteiger partial charge on any atom is -0.352 e. The molecule has 0 spiro atoms. The number of pyridine rings is 1. The number of hydrogen-bond donors (Lipinski definition) is 0. The lowest BCUT2D eigenvalue weighted by Crippen LogP contribution is -2.40. The summed E-state index contributed by atoms with van der Waals surface area (Å²) in [6.07, 6.45) is 1.71. The minimum atomic E-state index is 0.572. The predicted molar refractivity (Wildman–Crippen MR) is 63.4 cm³/mol. The molecule has 0 saturated carbocycles. The second-order valence-corrected chi connectivity index (χ2v) is 5.04. The van der Waals surface area contributed by atoms with E-state index in [1.54, 1.807) is 6.20 Å². The lowest BCUT2D eigenvalue weighted by atomic mass is 10.3. The molecule has 1 aliphatic heterocycles. The molecule has 1 fully saturated rings. The van der Waals surface area contributed by atoms with Crippen LogP contribution in [0.25, 0.3) is 0 Å². The lowest BCUT2D eigenvalue weighted by molar-refractivity contribution is 0.690. The number of aromatic nitrogens is 1. The van der Waals surface area contributed by atoms with E-state index in [0.29, 0.717) is 11.1 Å². The van der Waals surface area contributed by atoms with Crippen LogP contribution >= 0.6 is 23.4 Å². The Kier molecular flexibility index (Phi) is 3.19. The fraction of sp³-hybridized carbons (Fsp3) is 0.500. The van der Waals surface area contributed by atoms with Gasteiger partial charge in [0.2, 0.25) is 0 Å². The number of thioether (sulfide) groups is 1. The van der Waals surface area contributed by atoms with Gasteiger partial charge in [-0.05, 0) is 19.1 Å². The number of halogens is 1. The molecule has 1 aromatic rings. The van der Waals surface area contributed by atoms with Gasteiger partial charge in [0.15, 0.2) is 0 Å². The quantitative estimate of drug-likeness (QED) is 0.735. The van der Waals surface area contributed by atoms with Gasteiger partial charge < -0.3 is 4.90 Å². The Labute approximate surface area is 93.7 Å². The van der Waals surface area contributed by atoms with Gasteiger partial charge in [0, 0.05) is 30.3 Å². The summed E-state index contributed by atoms with van der Waals surface area (Å²) in [6.45, 7) is 3.32. The second-order valence-electron chi connectivity index (χ2n) is 3.45. The Morgan fingerprint density at radius 1 is 1.57 bits per heavy atom. The molecule has 2 rings (SSSR count). The van der Waals surface area contributed by atoms with Gasteiger partial charge in [-0.25, -0.2) is 4.98 Å². The van der Waals surface area contributed by atoms with E-state index in [0.717, 1.165) is 12.4 Å². The summed E-state index contributed by atoms with van der Waals surface area (Å²) in [6, 6.07) is 4.47. The maximum Gasteiger partial charge on any atom is 0.128 e. The highest BCUT2D eigenvalue weighted by Crippen LogP contribution is 2.22. The molecule has 0 bridgehead atoms. The van der Waals surface area contributed by atoms with Crippen molar-refractivity contribution < 1.29 is 0 Å². The molecular weight excluding hydrogens is 216 g/mol. The second kappa shape index (κ2) is 4.41. The van der Waals surface area contributed by atoms with E-state index >= 15 is 0 Å². The maximum atomic E-state index is 5.80. The molecular formula is C10H13ClN2S. The molecule has 1 aliphatic rings. The molecule has 1 unspecified atom stereocenters. The Balaban J connectivity index is 2.16.